The maximum Gasteiger partial charge on any atom is 0.422 e. The van der Waals surface area contributed by atoms with Gasteiger partial charge in [0.2, 0.25) is 5.91 Å². The number of unbranched alkanes of at least 4 members (excludes halogenated alkanes) is 3. The molecule has 26 heavy (non-hydrogen) atoms. The SMILES string of the molecule is CC(=O)CCCCCCC(=O)Nc1c(F)c(F)c(C(F)(F)F)c(F)c1F. The van der Waals surface area contributed by atoms with Crippen molar-refractivity contribution in [3.8, 4) is 0 Å². The molecule has 0 aliphatic carbocycles. The number of ketones is 1. The van der Waals surface area contributed by atoms with Crippen LogP contribution in [0.3, 0.4) is 0 Å². The number of Topliss-reactive ketones (excluding diaryl/α,β-unsaturated/α-hetero) is 1. The predicted molar refractivity (Wildman–Crippen MR) is 78.3 cm³/mol. The van der Waals surface area contributed by atoms with Crippen LogP contribution < -0.4 is 5.32 Å². The smallest absolute Gasteiger partial charge is 0.321 e. The minimum atomic E-state index is -5.64. The maximum absolute atomic E-state index is 13.6. The van der Waals surface area contributed by atoms with Crippen molar-refractivity contribution in [2.24, 2.45) is 0 Å². The van der Waals surface area contributed by atoms with E-state index in [1.54, 1.807) is 5.32 Å². The van der Waals surface area contributed by atoms with Crippen molar-refractivity contribution < 1.29 is 40.3 Å². The molecular formula is C16H16F7NO2. The number of hydrogen-bond donors (Lipinski definition) is 1. The summed E-state index contributed by atoms with van der Waals surface area (Å²) in [5.41, 5.74) is -4.30. The molecule has 146 valence electrons. The first-order valence-corrected chi connectivity index (χ1v) is 7.69. The van der Waals surface area contributed by atoms with Crippen LogP contribution in [0.2, 0.25) is 0 Å². The fourth-order valence-electron chi connectivity index (χ4n) is 2.21. The van der Waals surface area contributed by atoms with Crippen molar-refractivity contribution in [3.63, 3.8) is 0 Å². The van der Waals surface area contributed by atoms with Gasteiger partial charge in [-0.15, -0.1) is 0 Å². The molecule has 1 N–H and O–H groups in total. The predicted octanol–water partition coefficient (Wildman–Crippen LogP) is 5.13. The van der Waals surface area contributed by atoms with Gasteiger partial charge in [0, 0.05) is 12.8 Å². The molecule has 0 bridgehead atoms. The fourth-order valence-corrected chi connectivity index (χ4v) is 2.21. The lowest BCUT2D eigenvalue weighted by Crippen LogP contribution is -2.20. The van der Waals surface area contributed by atoms with Gasteiger partial charge in [-0.2, -0.15) is 13.2 Å². The second-order valence-electron chi connectivity index (χ2n) is 5.67. The van der Waals surface area contributed by atoms with E-state index in [-0.39, 0.29) is 18.6 Å². The van der Waals surface area contributed by atoms with Gasteiger partial charge in [0.25, 0.3) is 0 Å². The van der Waals surface area contributed by atoms with Crippen molar-refractivity contribution in [1.82, 2.24) is 0 Å². The molecule has 0 spiro atoms. The normalized spacial score (nSPS) is 11.5. The van der Waals surface area contributed by atoms with E-state index in [1.165, 1.54) is 6.92 Å². The lowest BCUT2D eigenvalue weighted by Gasteiger charge is -2.14. The largest absolute Gasteiger partial charge is 0.422 e. The first-order valence-electron chi connectivity index (χ1n) is 7.69. The van der Waals surface area contributed by atoms with Gasteiger partial charge >= 0.3 is 6.18 Å². The Morgan fingerprint density at radius 3 is 1.69 bits per heavy atom. The van der Waals surface area contributed by atoms with Crippen molar-refractivity contribution in [2.75, 3.05) is 5.32 Å². The minimum Gasteiger partial charge on any atom is -0.321 e. The van der Waals surface area contributed by atoms with Crippen LogP contribution in [-0.4, -0.2) is 11.7 Å². The number of halogens is 7. The van der Waals surface area contributed by atoms with E-state index in [2.05, 4.69) is 0 Å². The standard InChI is InChI=1S/C16H16F7NO2/c1-8(25)6-4-2-3-5-7-9(26)24-15-13(19)11(17)10(16(21,22)23)12(18)14(15)20/h2-7H2,1H3,(H,24,26). The lowest BCUT2D eigenvalue weighted by molar-refractivity contribution is -0.143. The highest BCUT2D eigenvalue weighted by Crippen LogP contribution is 2.38. The average Bonchev–Trinajstić information content (AvgIpc) is 2.51. The van der Waals surface area contributed by atoms with Crippen molar-refractivity contribution in [1.29, 1.82) is 0 Å². The number of benzene rings is 1. The number of carbonyl (C=O) groups is 2. The van der Waals surface area contributed by atoms with Crippen molar-refractivity contribution in [3.05, 3.63) is 28.8 Å². The summed E-state index contributed by atoms with van der Waals surface area (Å²) < 4.78 is 91.5. The van der Waals surface area contributed by atoms with Gasteiger partial charge in [0.1, 0.15) is 17.0 Å². The van der Waals surface area contributed by atoms with Gasteiger partial charge in [0.15, 0.2) is 23.3 Å². The molecule has 0 saturated heterocycles. The highest BCUT2D eigenvalue weighted by molar-refractivity contribution is 5.91. The summed E-state index contributed by atoms with van der Waals surface area (Å²) in [6, 6.07) is 0. The molecule has 0 aliphatic heterocycles. The second-order valence-corrected chi connectivity index (χ2v) is 5.67. The summed E-state index contributed by atoms with van der Waals surface area (Å²) in [6.07, 6.45) is -3.51. The zero-order valence-corrected chi connectivity index (χ0v) is 13.7. The van der Waals surface area contributed by atoms with Crippen LogP contribution in [0.25, 0.3) is 0 Å². The number of rotatable bonds is 8. The quantitative estimate of drug-likeness (QED) is 0.382. The molecule has 1 amide bonds. The van der Waals surface area contributed by atoms with Gasteiger partial charge in [-0.3, -0.25) is 4.79 Å². The molecule has 1 rings (SSSR count). The summed E-state index contributed by atoms with van der Waals surface area (Å²) >= 11 is 0. The molecular weight excluding hydrogens is 371 g/mol. The third-order valence-electron chi connectivity index (χ3n) is 3.49. The molecule has 0 atom stereocenters. The summed E-state index contributed by atoms with van der Waals surface area (Å²) in [4.78, 5) is 22.3. The molecule has 1 aromatic carbocycles. The topological polar surface area (TPSA) is 46.2 Å². The minimum absolute atomic E-state index is 0.0139. The van der Waals surface area contributed by atoms with Crippen LogP contribution in [0.4, 0.5) is 36.4 Å². The van der Waals surface area contributed by atoms with E-state index in [0.29, 0.717) is 25.7 Å². The molecule has 0 aromatic heterocycles. The fraction of sp³-hybridized carbons (Fsp3) is 0.500. The Bertz CT molecular complexity index is 657. The van der Waals surface area contributed by atoms with Crippen molar-refractivity contribution in [2.45, 2.75) is 51.6 Å². The first kappa shape index (κ1) is 21.9. The third kappa shape index (κ3) is 5.70. The van der Waals surface area contributed by atoms with E-state index < -0.39 is 46.6 Å². The van der Waals surface area contributed by atoms with Crippen LogP contribution in [0, 0.1) is 23.3 Å². The molecule has 0 unspecified atom stereocenters. The molecule has 0 radical (unpaired) electrons. The number of hydrogen-bond acceptors (Lipinski definition) is 2. The van der Waals surface area contributed by atoms with Gasteiger partial charge in [-0.1, -0.05) is 12.8 Å². The van der Waals surface area contributed by atoms with Gasteiger partial charge in [-0.25, -0.2) is 17.6 Å². The number of nitrogens with one attached hydrogen (secondary N) is 1. The van der Waals surface area contributed by atoms with Crippen LogP contribution in [0.1, 0.15) is 51.0 Å². The summed E-state index contributed by atoms with van der Waals surface area (Å²) in [5, 5.41) is 1.56. The lowest BCUT2D eigenvalue weighted by atomic mass is 10.1. The zero-order valence-electron chi connectivity index (χ0n) is 13.7. The van der Waals surface area contributed by atoms with Crippen LogP contribution >= 0.6 is 0 Å². The Labute approximate surface area is 144 Å². The van der Waals surface area contributed by atoms with Gasteiger partial charge < -0.3 is 10.1 Å². The highest BCUT2D eigenvalue weighted by atomic mass is 19.4. The van der Waals surface area contributed by atoms with Crippen molar-refractivity contribution >= 4 is 17.4 Å². The molecule has 1 aromatic rings. The van der Waals surface area contributed by atoms with Gasteiger partial charge in [-0.05, 0) is 19.8 Å². The van der Waals surface area contributed by atoms with E-state index in [0.717, 1.165) is 0 Å². The monoisotopic (exact) mass is 387 g/mol. The molecule has 0 fully saturated rings. The Morgan fingerprint density at radius 2 is 1.27 bits per heavy atom. The third-order valence-corrected chi connectivity index (χ3v) is 3.49. The Balaban J connectivity index is 2.76. The Kier molecular flexibility index (Phi) is 7.58. The number of amides is 1. The Morgan fingerprint density at radius 1 is 0.808 bits per heavy atom. The number of alkyl halides is 3. The maximum atomic E-state index is 13.6. The Hall–Kier alpha value is -2.13. The number of anilines is 1. The van der Waals surface area contributed by atoms with Crippen LogP contribution in [0.5, 0.6) is 0 Å². The summed E-state index contributed by atoms with van der Waals surface area (Å²) in [5.74, 6) is -10.9. The van der Waals surface area contributed by atoms with E-state index in [1.807, 2.05) is 0 Å². The van der Waals surface area contributed by atoms with Crippen LogP contribution in [-0.2, 0) is 15.8 Å². The average molecular weight is 387 g/mol. The van der Waals surface area contributed by atoms with E-state index in [9.17, 15) is 40.3 Å². The van der Waals surface area contributed by atoms with E-state index >= 15 is 0 Å². The van der Waals surface area contributed by atoms with E-state index in [4.69, 9.17) is 0 Å². The zero-order chi connectivity index (χ0) is 20.1. The van der Waals surface area contributed by atoms with Gasteiger partial charge in [0.05, 0.1) is 0 Å². The molecule has 0 aliphatic rings. The van der Waals surface area contributed by atoms with Crippen LogP contribution in [0.15, 0.2) is 0 Å². The number of carbonyl (C=O) groups excluding carboxylic acids is 2. The highest BCUT2D eigenvalue weighted by Gasteiger charge is 2.42. The molecule has 0 heterocycles. The summed E-state index contributed by atoms with van der Waals surface area (Å²) in [6.45, 7) is 1.43. The molecule has 0 saturated carbocycles. The molecule has 3 nitrogen and oxygen atoms in total. The first-order chi connectivity index (χ1) is 12.0. The second kappa shape index (κ2) is 9.00. The summed E-state index contributed by atoms with van der Waals surface area (Å²) in [7, 11) is 0. The molecule has 10 heteroatoms.